The Balaban J connectivity index is 1.84. The van der Waals surface area contributed by atoms with Crippen LogP contribution < -0.4 is 4.74 Å². The van der Waals surface area contributed by atoms with E-state index in [0.717, 1.165) is 29.6 Å². The molecule has 2 unspecified atom stereocenters. The van der Waals surface area contributed by atoms with Gasteiger partial charge in [-0.1, -0.05) is 94.8 Å². The normalized spacial score (nSPS) is 13.2. The van der Waals surface area contributed by atoms with E-state index in [0.29, 0.717) is 13.0 Å². The third-order valence-electron chi connectivity index (χ3n) is 6.63. The van der Waals surface area contributed by atoms with Crippen molar-refractivity contribution in [2.45, 2.75) is 97.8 Å². The lowest BCUT2D eigenvalue weighted by Gasteiger charge is -2.32. The lowest BCUT2D eigenvalue weighted by Crippen LogP contribution is -2.44. The van der Waals surface area contributed by atoms with Gasteiger partial charge in [-0.05, 0) is 43.9 Å². The van der Waals surface area contributed by atoms with E-state index < -0.39 is 6.29 Å². The fourth-order valence-electron chi connectivity index (χ4n) is 4.79. The summed E-state index contributed by atoms with van der Waals surface area (Å²) in [5.74, 6) is 0.386. The van der Waals surface area contributed by atoms with Crippen molar-refractivity contribution in [2.75, 3.05) is 20.6 Å². The molecule has 0 radical (unpaired) electrons. The molecule has 4 heteroatoms. The zero-order valence-electron chi connectivity index (χ0n) is 23.5. The molecule has 36 heavy (non-hydrogen) atoms. The number of quaternary nitrogens is 1. The van der Waals surface area contributed by atoms with Crippen LogP contribution in [0.4, 0.5) is 0 Å². The summed E-state index contributed by atoms with van der Waals surface area (Å²) in [5, 5.41) is 0. The minimum atomic E-state index is -0.552. The Morgan fingerprint density at radius 3 is 2.19 bits per heavy atom. The largest absolute Gasteiger partial charge is 0.455 e. The van der Waals surface area contributed by atoms with Crippen LogP contribution >= 0.6 is 0 Å². The number of rotatable bonds is 18. The van der Waals surface area contributed by atoms with Gasteiger partial charge in [-0.25, -0.2) is 0 Å². The first-order valence-corrected chi connectivity index (χ1v) is 14.1. The number of carbonyl (C=O) groups is 1. The van der Waals surface area contributed by atoms with Gasteiger partial charge >= 0.3 is 5.97 Å². The van der Waals surface area contributed by atoms with Crippen molar-refractivity contribution in [3.8, 4) is 5.75 Å². The molecular formula is C32H50NO3+. The Labute approximate surface area is 220 Å². The van der Waals surface area contributed by atoms with E-state index in [2.05, 4.69) is 64.3 Å². The second-order valence-corrected chi connectivity index (χ2v) is 11.0. The number of hydrogen-bond acceptors (Lipinski definition) is 3. The monoisotopic (exact) mass is 496 g/mol. The molecule has 0 saturated heterocycles. The van der Waals surface area contributed by atoms with Crippen molar-refractivity contribution in [1.82, 2.24) is 0 Å². The molecule has 0 heterocycles. The molecule has 4 nitrogen and oxygen atoms in total. The highest BCUT2D eigenvalue weighted by atomic mass is 16.7. The van der Waals surface area contributed by atoms with Gasteiger partial charge in [0, 0.05) is 12.0 Å². The molecule has 2 atom stereocenters. The van der Waals surface area contributed by atoms with Gasteiger partial charge in [0.05, 0.1) is 20.6 Å². The summed E-state index contributed by atoms with van der Waals surface area (Å²) in [6.45, 7) is 7.89. The Morgan fingerprint density at radius 2 is 1.50 bits per heavy atom. The minimum Gasteiger partial charge on any atom is -0.455 e. The molecule has 2 rings (SSSR count). The number of aryl methyl sites for hydroxylation is 1. The second kappa shape index (κ2) is 16.4. The highest BCUT2D eigenvalue weighted by molar-refractivity contribution is 5.72. The SMILES string of the molecule is CCCCCCCCCc1cccc(OC(CCC)OC(=O)C(C)C[N+](C)(C)Cc2ccccc2)c1. The molecular weight excluding hydrogens is 446 g/mol. The van der Waals surface area contributed by atoms with E-state index in [4.69, 9.17) is 9.47 Å². The first-order chi connectivity index (χ1) is 17.3. The average molecular weight is 497 g/mol. The molecule has 0 saturated carbocycles. The summed E-state index contributed by atoms with van der Waals surface area (Å²) in [7, 11) is 4.32. The van der Waals surface area contributed by atoms with Crippen LogP contribution in [0.5, 0.6) is 5.75 Å². The lowest BCUT2D eigenvalue weighted by atomic mass is 10.0. The smallest absolute Gasteiger partial charge is 0.317 e. The standard InChI is InChI=1S/C32H50NO3/c1-6-8-9-10-11-12-14-19-28-22-17-23-30(24-28)35-31(18-7-2)36-32(34)27(3)25-33(4,5)26-29-20-15-13-16-21-29/h13,15-17,20-24,27,31H,6-12,14,18-19,25-26H2,1-5H3/q+1. The minimum absolute atomic E-state index is 0.188. The van der Waals surface area contributed by atoms with Crippen molar-refractivity contribution in [2.24, 2.45) is 5.92 Å². The van der Waals surface area contributed by atoms with Gasteiger partial charge in [-0.3, -0.25) is 4.79 Å². The summed E-state index contributed by atoms with van der Waals surface area (Å²) in [6, 6.07) is 18.7. The first-order valence-electron chi connectivity index (χ1n) is 14.1. The fourth-order valence-corrected chi connectivity index (χ4v) is 4.79. The zero-order chi connectivity index (χ0) is 26.2. The summed E-state index contributed by atoms with van der Waals surface area (Å²) < 4.78 is 12.8. The Kier molecular flexibility index (Phi) is 13.6. The average Bonchev–Trinajstić information content (AvgIpc) is 2.84. The molecule has 2 aromatic rings. The molecule has 2 aromatic carbocycles. The highest BCUT2D eigenvalue weighted by Crippen LogP contribution is 2.21. The van der Waals surface area contributed by atoms with Crippen LogP contribution in [0, 0.1) is 5.92 Å². The number of ether oxygens (including phenoxy) is 2. The molecule has 0 N–H and O–H groups in total. The van der Waals surface area contributed by atoms with Gasteiger partial charge in [0.2, 0.25) is 6.29 Å². The van der Waals surface area contributed by atoms with Gasteiger partial charge in [-0.15, -0.1) is 0 Å². The van der Waals surface area contributed by atoms with Gasteiger partial charge < -0.3 is 14.0 Å². The van der Waals surface area contributed by atoms with Crippen LogP contribution in [0.3, 0.4) is 0 Å². The van der Waals surface area contributed by atoms with E-state index in [9.17, 15) is 4.79 Å². The van der Waals surface area contributed by atoms with E-state index >= 15 is 0 Å². The van der Waals surface area contributed by atoms with Gasteiger partial charge in [0.25, 0.3) is 0 Å². The van der Waals surface area contributed by atoms with Gasteiger partial charge in [-0.2, -0.15) is 0 Å². The Hall–Kier alpha value is -2.33. The zero-order valence-corrected chi connectivity index (χ0v) is 23.5. The van der Waals surface area contributed by atoms with E-state index in [-0.39, 0.29) is 11.9 Å². The van der Waals surface area contributed by atoms with Crippen LogP contribution in [0.2, 0.25) is 0 Å². The molecule has 0 spiro atoms. The first kappa shape index (κ1) is 29.9. The van der Waals surface area contributed by atoms with Crippen molar-refractivity contribution < 1.29 is 18.8 Å². The maximum atomic E-state index is 13.0. The summed E-state index contributed by atoms with van der Waals surface area (Å²) in [4.78, 5) is 13.0. The molecule has 0 amide bonds. The van der Waals surface area contributed by atoms with Crippen LogP contribution in [0.1, 0.15) is 89.7 Å². The van der Waals surface area contributed by atoms with Crippen molar-refractivity contribution in [1.29, 1.82) is 0 Å². The third kappa shape index (κ3) is 12.1. The third-order valence-corrected chi connectivity index (χ3v) is 6.63. The van der Waals surface area contributed by atoms with E-state index in [1.54, 1.807) is 0 Å². The predicted molar refractivity (Wildman–Crippen MR) is 150 cm³/mol. The molecule has 0 aliphatic carbocycles. The Morgan fingerprint density at radius 1 is 0.833 bits per heavy atom. The van der Waals surface area contributed by atoms with E-state index in [1.807, 2.05) is 25.1 Å². The predicted octanol–water partition coefficient (Wildman–Crippen LogP) is 7.94. The molecule has 0 aliphatic heterocycles. The van der Waals surface area contributed by atoms with Crippen molar-refractivity contribution >= 4 is 5.97 Å². The van der Waals surface area contributed by atoms with Gasteiger partial charge in [0.1, 0.15) is 18.2 Å². The number of carbonyl (C=O) groups excluding carboxylic acids is 1. The topological polar surface area (TPSA) is 35.5 Å². The van der Waals surface area contributed by atoms with E-state index in [1.165, 1.54) is 56.1 Å². The fraction of sp³-hybridized carbons (Fsp3) is 0.594. The molecule has 0 bridgehead atoms. The Bertz CT molecular complexity index is 865. The maximum Gasteiger partial charge on any atom is 0.317 e. The second-order valence-electron chi connectivity index (χ2n) is 11.0. The molecule has 0 fully saturated rings. The number of nitrogens with zero attached hydrogens (tertiary/aromatic N) is 1. The van der Waals surface area contributed by atoms with Gasteiger partial charge in [0.15, 0.2) is 0 Å². The number of esters is 1. The number of unbranched alkanes of at least 4 members (excludes halogenated alkanes) is 6. The molecule has 0 aliphatic rings. The van der Waals surface area contributed by atoms with Crippen LogP contribution in [0.25, 0.3) is 0 Å². The van der Waals surface area contributed by atoms with Crippen LogP contribution in [0.15, 0.2) is 54.6 Å². The van der Waals surface area contributed by atoms with Crippen molar-refractivity contribution in [3.63, 3.8) is 0 Å². The number of benzene rings is 2. The quantitative estimate of drug-likeness (QED) is 0.0909. The lowest BCUT2D eigenvalue weighted by molar-refractivity contribution is -0.905. The maximum absolute atomic E-state index is 13.0. The van der Waals surface area contributed by atoms with Crippen LogP contribution in [-0.4, -0.2) is 37.4 Å². The molecule has 200 valence electrons. The van der Waals surface area contributed by atoms with Crippen LogP contribution in [-0.2, 0) is 22.5 Å². The molecule has 0 aromatic heterocycles. The highest BCUT2D eigenvalue weighted by Gasteiger charge is 2.28. The van der Waals surface area contributed by atoms with Crippen molar-refractivity contribution in [3.05, 3.63) is 65.7 Å². The summed E-state index contributed by atoms with van der Waals surface area (Å²) >= 11 is 0. The summed E-state index contributed by atoms with van der Waals surface area (Å²) in [5.41, 5.74) is 2.56. The number of hydrogen-bond donors (Lipinski definition) is 0. The summed E-state index contributed by atoms with van der Waals surface area (Å²) in [6.07, 6.45) is 11.3.